The molecule has 0 radical (unpaired) electrons. The maximum absolute atomic E-state index is 11.4. The predicted octanol–water partition coefficient (Wildman–Crippen LogP) is 0.0305. The van der Waals surface area contributed by atoms with E-state index in [-0.39, 0.29) is 5.91 Å². The van der Waals surface area contributed by atoms with Crippen molar-refractivity contribution >= 4 is 5.91 Å². The molecular formula is C11H20N4O. The number of aromatic nitrogens is 2. The number of likely N-dealkylation sites (N-methyl/N-ethyl adjacent to an activating group) is 1. The molecule has 5 heteroatoms. The van der Waals surface area contributed by atoms with Crippen LogP contribution in [0.1, 0.15) is 12.7 Å². The van der Waals surface area contributed by atoms with Gasteiger partial charge in [-0.2, -0.15) is 0 Å². The van der Waals surface area contributed by atoms with E-state index >= 15 is 0 Å². The number of nitrogens with one attached hydrogen (secondary N) is 1. The molecule has 1 aromatic rings. The van der Waals surface area contributed by atoms with E-state index in [0.29, 0.717) is 6.54 Å². The van der Waals surface area contributed by atoms with E-state index in [4.69, 9.17) is 0 Å². The van der Waals surface area contributed by atoms with Crippen molar-refractivity contribution in [2.75, 3.05) is 26.7 Å². The monoisotopic (exact) mass is 224 g/mol. The first-order chi connectivity index (χ1) is 7.65. The van der Waals surface area contributed by atoms with Gasteiger partial charge in [-0.25, -0.2) is 4.98 Å². The topological polar surface area (TPSA) is 50.2 Å². The largest absolute Gasteiger partial charge is 0.345 e. The fraction of sp³-hybridized carbons (Fsp3) is 0.636. The lowest BCUT2D eigenvalue weighted by Gasteiger charge is -2.14. The van der Waals surface area contributed by atoms with Crippen LogP contribution in [0.25, 0.3) is 0 Å². The molecule has 0 aliphatic carbocycles. The van der Waals surface area contributed by atoms with Crippen molar-refractivity contribution in [3.63, 3.8) is 0 Å². The molecular weight excluding hydrogens is 204 g/mol. The number of imidazole rings is 1. The summed E-state index contributed by atoms with van der Waals surface area (Å²) in [6.07, 6.45) is 4.54. The summed E-state index contributed by atoms with van der Waals surface area (Å²) in [5.74, 6) is 1.16. The van der Waals surface area contributed by atoms with Gasteiger partial charge in [0, 0.05) is 46.0 Å². The lowest BCUT2D eigenvalue weighted by Crippen LogP contribution is -2.36. The normalized spacial score (nSPS) is 10.4. The summed E-state index contributed by atoms with van der Waals surface area (Å²) in [5.41, 5.74) is 0. The molecule has 1 amide bonds. The Balaban J connectivity index is 2.17. The molecule has 0 atom stereocenters. The van der Waals surface area contributed by atoms with Gasteiger partial charge in [0.05, 0.1) is 6.54 Å². The summed E-state index contributed by atoms with van der Waals surface area (Å²) in [6.45, 7) is 3.88. The van der Waals surface area contributed by atoms with Gasteiger partial charge >= 0.3 is 0 Å². The molecule has 0 saturated heterocycles. The number of amides is 1. The standard InChI is InChI=1S/C11H20N4O/c1-4-14(2)11(16)9-12-6-5-10-13-7-8-15(10)3/h7-8,12H,4-6,9H2,1-3H3. The Morgan fingerprint density at radius 2 is 2.38 bits per heavy atom. The van der Waals surface area contributed by atoms with Gasteiger partial charge in [-0.15, -0.1) is 0 Å². The Morgan fingerprint density at radius 1 is 1.62 bits per heavy atom. The van der Waals surface area contributed by atoms with Crippen LogP contribution in [0.3, 0.4) is 0 Å². The highest BCUT2D eigenvalue weighted by atomic mass is 16.2. The van der Waals surface area contributed by atoms with E-state index < -0.39 is 0 Å². The fourth-order valence-corrected chi connectivity index (χ4v) is 1.34. The molecule has 5 nitrogen and oxygen atoms in total. The zero-order valence-corrected chi connectivity index (χ0v) is 10.2. The summed E-state index contributed by atoms with van der Waals surface area (Å²) in [6, 6.07) is 0. The average Bonchev–Trinajstić information content (AvgIpc) is 2.69. The number of nitrogens with zero attached hydrogens (tertiary/aromatic N) is 3. The Bertz CT molecular complexity index is 334. The van der Waals surface area contributed by atoms with Crippen LogP contribution in [0.15, 0.2) is 12.4 Å². The third-order valence-corrected chi connectivity index (χ3v) is 2.62. The number of hydrogen-bond acceptors (Lipinski definition) is 3. The minimum absolute atomic E-state index is 0.127. The second-order valence-electron chi connectivity index (χ2n) is 3.79. The van der Waals surface area contributed by atoms with Crippen LogP contribution in [0.5, 0.6) is 0 Å². The van der Waals surface area contributed by atoms with Crippen molar-refractivity contribution in [1.82, 2.24) is 19.8 Å². The van der Waals surface area contributed by atoms with Crippen molar-refractivity contribution < 1.29 is 4.79 Å². The van der Waals surface area contributed by atoms with Crippen molar-refractivity contribution in [3.05, 3.63) is 18.2 Å². The van der Waals surface area contributed by atoms with Gasteiger partial charge in [0.15, 0.2) is 0 Å². The molecule has 1 rings (SSSR count). The summed E-state index contributed by atoms with van der Waals surface area (Å²) < 4.78 is 1.99. The van der Waals surface area contributed by atoms with Crippen molar-refractivity contribution in [2.24, 2.45) is 7.05 Å². The van der Waals surface area contributed by atoms with E-state index in [0.717, 1.165) is 25.3 Å². The lowest BCUT2D eigenvalue weighted by molar-refractivity contribution is -0.128. The van der Waals surface area contributed by atoms with Gasteiger partial charge in [-0.05, 0) is 6.92 Å². The van der Waals surface area contributed by atoms with Crippen molar-refractivity contribution in [3.8, 4) is 0 Å². The van der Waals surface area contributed by atoms with E-state index in [1.807, 2.05) is 31.8 Å². The molecule has 90 valence electrons. The Kier molecular flexibility index (Phi) is 4.98. The Hall–Kier alpha value is -1.36. The first-order valence-electron chi connectivity index (χ1n) is 5.56. The first-order valence-corrected chi connectivity index (χ1v) is 5.56. The van der Waals surface area contributed by atoms with Crippen LogP contribution in [-0.2, 0) is 18.3 Å². The minimum atomic E-state index is 0.127. The van der Waals surface area contributed by atoms with E-state index in [1.54, 1.807) is 11.1 Å². The number of aryl methyl sites for hydroxylation is 1. The highest BCUT2D eigenvalue weighted by molar-refractivity contribution is 5.77. The number of carbonyl (C=O) groups is 1. The maximum Gasteiger partial charge on any atom is 0.236 e. The second-order valence-corrected chi connectivity index (χ2v) is 3.79. The Morgan fingerprint density at radius 3 is 2.94 bits per heavy atom. The molecule has 0 aliphatic rings. The molecule has 1 N–H and O–H groups in total. The first kappa shape index (κ1) is 12.7. The number of carbonyl (C=O) groups excluding carboxylic acids is 1. The molecule has 0 spiro atoms. The molecule has 0 unspecified atom stereocenters. The molecule has 0 aromatic carbocycles. The molecule has 0 aliphatic heterocycles. The van der Waals surface area contributed by atoms with Gasteiger partial charge < -0.3 is 14.8 Å². The average molecular weight is 224 g/mol. The van der Waals surface area contributed by atoms with Crippen LogP contribution in [0, 0.1) is 0 Å². The molecule has 0 fully saturated rings. The molecule has 1 aromatic heterocycles. The van der Waals surface area contributed by atoms with Crippen LogP contribution in [-0.4, -0.2) is 47.0 Å². The Labute approximate surface area is 96.5 Å². The van der Waals surface area contributed by atoms with Gasteiger partial charge in [0.2, 0.25) is 5.91 Å². The molecule has 16 heavy (non-hydrogen) atoms. The highest BCUT2D eigenvalue weighted by Gasteiger charge is 2.05. The second kappa shape index (κ2) is 6.27. The van der Waals surface area contributed by atoms with Crippen molar-refractivity contribution in [1.29, 1.82) is 0 Å². The van der Waals surface area contributed by atoms with Gasteiger partial charge in [-0.3, -0.25) is 4.79 Å². The zero-order valence-electron chi connectivity index (χ0n) is 10.2. The molecule has 1 heterocycles. The third kappa shape index (κ3) is 3.66. The summed E-state index contributed by atoms with van der Waals surface area (Å²) in [4.78, 5) is 17.4. The van der Waals surface area contributed by atoms with Gasteiger partial charge in [-0.1, -0.05) is 0 Å². The van der Waals surface area contributed by atoms with Crippen LogP contribution >= 0.6 is 0 Å². The predicted molar refractivity (Wildman–Crippen MR) is 63.1 cm³/mol. The van der Waals surface area contributed by atoms with Crippen LogP contribution in [0.2, 0.25) is 0 Å². The SMILES string of the molecule is CCN(C)C(=O)CNCCc1nccn1C. The fourth-order valence-electron chi connectivity index (χ4n) is 1.34. The summed E-state index contributed by atoms with van der Waals surface area (Å²) in [7, 11) is 3.78. The summed E-state index contributed by atoms with van der Waals surface area (Å²) in [5, 5.41) is 3.12. The quantitative estimate of drug-likeness (QED) is 0.694. The minimum Gasteiger partial charge on any atom is -0.345 e. The van der Waals surface area contributed by atoms with Crippen molar-refractivity contribution in [2.45, 2.75) is 13.3 Å². The lowest BCUT2D eigenvalue weighted by atomic mass is 10.4. The third-order valence-electron chi connectivity index (χ3n) is 2.62. The number of rotatable bonds is 6. The highest BCUT2D eigenvalue weighted by Crippen LogP contribution is 1.93. The zero-order chi connectivity index (χ0) is 12.0. The van der Waals surface area contributed by atoms with Gasteiger partial charge in [0.25, 0.3) is 0 Å². The number of hydrogen-bond donors (Lipinski definition) is 1. The maximum atomic E-state index is 11.4. The van der Waals surface area contributed by atoms with Crippen LogP contribution < -0.4 is 5.32 Å². The smallest absolute Gasteiger partial charge is 0.236 e. The van der Waals surface area contributed by atoms with E-state index in [9.17, 15) is 4.79 Å². The van der Waals surface area contributed by atoms with E-state index in [2.05, 4.69) is 10.3 Å². The van der Waals surface area contributed by atoms with Crippen LogP contribution in [0.4, 0.5) is 0 Å². The molecule has 0 bridgehead atoms. The van der Waals surface area contributed by atoms with Gasteiger partial charge in [0.1, 0.15) is 5.82 Å². The molecule has 0 saturated carbocycles. The van der Waals surface area contributed by atoms with E-state index in [1.165, 1.54) is 0 Å². The summed E-state index contributed by atoms with van der Waals surface area (Å²) >= 11 is 0.